The Kier molecular flexibility index (Phi) is 5.38. The van der Waals surface area contributed by atoms with Crippen molar-refractivity contribution in [3.63, 3.8) is 0 Å². The summed E-state index contributed by atoms with van der Waals surface area (Å²) < 4.78 is 0. The van der Waals surface area contributed by atoms with Crippen molar-refractivity contribution in [3.05, 3.63) is 76.4 Å². The lowest BCUT2D eigenvalue weighted by Crippen LogP contribution is -1.93. The summed E-state index contributed by atoms with van der Waals surface area (Å²) in [4.78, 5) is 0. The molecule has 0 saturated carbocycles. The van der Waals surface area contributed by atoms with E-state index in [1.807, 2.05) is 0 Å². The van der Waals surface area contributed by atoms with Crippen LogP contribution in [0.1, 0.15) is 48.9 Å². The molecule has 0 amide bonds. The van der Waals surface area contributed by atoms with Gasteiger partial charge in [0.2, 0.25) is 0 Å². The lowest BCUT2D eigenvalue weighted by Gasteiger charge is -2.12. The van der Waals surface area contributed by atoms with Gasteiger partial charge < -0.3 is 0 Å². The molecule has 0 radical (unpaired) electrons. The molecule has 21 heavy (non-hydrogen) atoms. The Bertz CT molecular complexity index is 611. The summed E-state index contributed by atoms with van der Waals surface area (Å²) in [7, 11) is 0. The van der Waals surface area contributed by atoms with Gasteiger partial charge in [-0.3, -0.25) is 0 Å². The molecular weight excluding hydrogens is 252 g/mol. The molecule has 2 aromatic rings. The summed E-state index contributed by atoms with van der Waals surface area (Å²) in [5.41, 5.74) is 8.53. The van der Waals surface area contributed by atoms with Gasteiger partial charge in [0, 0.05) is 0 Å². The van der Waals surface area contributed by atoms with Crippen LogP contribution in [0.2, 0.25) is 0 Å². The highest BCUT2D eigenvalue weighted by molar-refractivity contribution is 5.68. The summed E-state index contributed by atoms with van der Waals surface area (Å²) in [5.74, 6) is 0. The van der Waals surface area contributed by atoms with Crippen molar-refractivity contribution in [3.8, 4) is 0 Å². The predicted octanol–water partition coefficient (Wildman–Crippen LogP) is 6.12. The minimum absolute atomic E-state index is 1.15. The van der Waals surface area contributed by atoms with Gasteiger partial charge in [0.25, 0.3) is 0 Å². The summed E-state index contributed by atoms with van der Waals surface area (Å²) in [6, 6.07) is 17.6. The van der Waals surface area contributed by atoms with Crippen LogP contribution >= 0.6 is 0 Å². The van der Waals surface area contributed by atoms with Crippen LogP contribution in [-0.2, 0) is 6.42 Å². The molecule has 0 aliphatic heterocycles. The van der Waals surface area contributed by atoms with Gasteiger partial charge in [0.15, 0.2) is 0 Å². The van der Waals surface area contributed by atoms with Gasteiger partial charge >= 0.3 is 0 Å². The van der Waals surface area contributed by atoms with Crippen LogP contribution < -0.4 is 0 Å². The van der Waals surface area contributed by atoms with E-state index in [0.717, 1.165) is 12.8 Å². The van der Waals surface area contributed by atoms with Gasteiger partial charge in [-0.05, 0) is 69.2 Å². The second-order valence-corrected chi connectivity index (χ2v) is 6.12. The molecule has 0 unspecified atom stereocenters. The van der Waals surface area contributed by atoms with E-state index in [9.17, 15) is 0 Å². The van der Waals surface area contributed by atoms with Crippen molar-refractivity contribution < 1.29 is 0 Å². The Labute approximate surface area is 129 Å². The zero-order chi connectivity index (χ0) is 15.2. The predicted molar refractivity (Wildman–Crippen MR) is 93.6 cm³/mol. The SMILES string of the molecule is CC(C)=C(CCCc1ccccc1C)c1ccc(C)cc1. The molecule has 0 saturated heterocycles. The normalized spacial score (nSPS) is 10.5. The van der Waals surface area contributed by atoms with Crippen LogP contribution in [0.3, 0.4) is 0 Å². The Hall–Kier alpha value is -1.82. The maximum atomic E-state index is 2.26. The highest BCUT2D eigenvalue weighted by Crippen LogP contribution is 2.25. The molecule has 0 aliphatic rings. The smallest absolute Gasteiger partial charge is 0.0225 e. The number of aryl methyl sites for hydroxylation is 3. The van der Waals surface area contributed by atoms with Crippen molar-refractivity contribution in [1.82, 2.24) is 0 Å². The largest absolute Gasteiger partial charge is 0.0726 e. The van der Waals surface area contributed by atoms with E-state index in [0.29, 0.717) is 0 Å². The average Bonchev–Trinajstić information content (AvgIpc) is 2.46. The first-order chi connectivity index (χ1) is 10.1. The molecular formula is C21H26. The van der Waals surface area contributed by atoms with E-state index < -0.39 is 0 Å². The fourth-order valence-corrected chi connectivity index (χ4v) is 2.78. The van der Waals surface area contributed by atoms with E-state index in [1.165, 1.54) is 39.8 Å². The maximum absolute atomic E-state index is 2.26. The molecule has 0 heteroatoms. The van der Waals surface area contributed by atoms with Crippen LogP contribution in [0, 0.1) is 13.8 Å². The number of benzene rings is 2. The first kappa shape index (κ1) is 15.6. The number of hydrogen-bond acceptors (Lipinski definition) is 0. The lowest BCUT2D eigenvalue weighted by molar-refractivity contribution is 0.844. The maximum Gasteiger partial charge on any atom is -0.0225 e. The van der Waals surface area contributed by atoms with Gasteiger partial charge in [0.1, 0.15) is 0 Å². The van der Waals surface area contributed by atoms with Gasteiger partial charge in [-0.15, -0.1) is 0 Å². The molecule has 0 N–H and O–H groups in total. The van der Waals surface area contributed by atoms with Crippen molar-refractivity contribution in [2.24, 2.45) is 0 Å². The third-order valence-electron chi connectivity index (χ3n) is 4.14. The Morgan fingerprint density at radius 2 is 1.52 bits per heavy atom. The third kappa shape index (κ3) is 4.32. The fourth-order valence-electron chi connectivity index (χ4n) is 2.78. The number of rotatable bonds is 5. The molecule has 2 aromatic carbocycles. The number of allylic oxidation sites excluding steroid dienone is 2. The van der Waals surface area contributed by atoms with Crippen molar-refractivity contribution in [2.75, 3.05) is 0 Å². The van der Waals surface area contributed by atoms with Crippen LogP contribution in [-0.4, -0.2) is 0 Å². The molecule has 0 bridgehead atoms. The van der Waals surface area contributed by atoms with Crippen molar-refractivity contribution in [2.45, 2.75) is 47.0 Å². The van der Waals surface area contributed by atoms with Crippen molar-refractivity contribution in [1.29, 1.82) is 0 Å². The van der Waals surface area contributed by atoms with Gasteiger partial charge in [-0.2, -0.15) is 0 Å². The molecule has 0 heterocycles. The highest BCUT2D eigenvalue weighted by Gasteiger charge is 2.05. The van der Waals surface area contributed by atoms with E-state index in [4.69, 9.17) is 0 Å². The molecule has 0 atom stereocenters. The van der Waals surface area contributed by atoms with Crippen molar-refractivity contribution >= 4 is 5.57 Å². The molecule has 110 valence electrons. The second kappa shape index (κ2) is 7.26. The van der Waals surface area contributed by atoms with Gasteiger partial charge in [-0.25, -0.2) is 0 Å². The van der Waals surface area contributed by atoms with Crippen LogP contribution in [0.25, 0.3) is 5.57 Å². The first-order valence-electron chi connectivity index (χ1n) is 7.86. The zero-order valence-corrected chi connectivity index (χ0v) is 13.7. The minimum Gasteiger partial charge on any atom is -0.0726 e. The fraction of sp³-hybridized carbons (Fsp3) is 0.333. The van der Waals surface area contributed by atoms with Gasteiger partial charge in [-0.1, -0.05) is 59.7 Å². The summed E-state index contributed by atoms with van der Waals surface area (Å²) in [6.45, 7) is 8.80. The molecule has 0 spiro atoms. The van der Waals surface area contributed by atoms with Crippen LogP contribution in [0.4, 0.5) is 0 Å². The standard InChI is InChI=1S/C21H26/c1-16(2)21(20-14-12-17(3)13-15-20)11-7-10-19-9-6-5-8-18(19)4/h5-6,8-9,12-15H,7,10-11H2,1-4H3. The zero-order valence-electron chi connectivity index (χ0n) is 13.7. The van der Waals surface area contributed by atoms with Crippen LogP contribution in [0.15, 0.2) is 54.1 Å². The van der Waals surface area contributed by atoms with E-state index in [2.05, 4.69) is 76.2 Å². The molecule has 0 aromatic heterocycles. The third-order valence-corrected chi connectivity index (χ3v) is 4.14. The number of hydrogen-bond donors (Lipinski definition) is 0. The Morgan fingerprint density at radius 1 is 0.857 bits per heavy atom. The Balaban J connectivity index is 2.04. The second-order valence-electron chi connectivity index (χ2n) is 6.12. The molecule has 2 rings (SSSR count). The van der Waals surface area contributed by atoms with Crippen LogP contribution in [0.5, 0.6) is 0 Å². The highest BCUT2D eigenvalue weighted by atomic mass is 14.1. The van der Waals surface area contributed by atoms with E-state index >= 15 is 0 Å². The summed E-state index contributed by atoms with van der Waals surface area (Å²) in [6.07, 6.45) is 3.52. The lowest BCUT2D eigenvalue weighted by atomic mass is 9.94. The molecule has 0 nitrogen and oxygen atoms in total. The van der Waals surface area contributed by atoms with E-state index in [1.54, 1.807) is 0 Å². The molecule has 0 fully saturated rings. The first-order valence-corrected chi connectivity index (χ1v) is 7.86. The minimum atomic E-state index is 1.15. The topological polar surface area (TPSA) is 0 Å². The van der Waals surface area contributed by atoms with Gasteiger partial charge in [0.05, 0.1) is 0 Å². The average molecular weight is 278 g/mol. The summed E-state index contributed by atoms with van der Waals surface area (Å²) in [5, 5.41) is 0. The summed E-state index contributed by atoms with van der Waals surface area (Å²) >= 11 is 0. The Morgan fingerprint density at radius 3 is 2.14 bits per heavy atom. The monoisotopic (exact) mass is 278 g/mol. The van der Waals surface area contributed by atoms with E-state index in [-0.39, 0.29) is 0 Å². The molecule has 0 aliphatic carbocycles. The quantitative estimate of drug-likeness (QED) is 0.618.